The van der Waals surface area contributed by atoms with Gasteiger partial charge in [-0.05, 0) is 11.6 Å². The first-order valence-corrected chi connectivity index (χ1v) is 7.26. The maximum Gasteiger partial charge on any atom is 0.214 e. The molecule has 1 N–H and O–H groups in total. The molecule has 0 fully saturated rings. The second kappa shape index (κ2) is 6.35. The van der Waals surface area contributed by atoms with Crippen molar-refractivity contribution in [3.63, 3.8) is 0 Å². The topological polar surface area (TPSA) is 49.4 Å². The van der Waals surface area contributed by atoms with E-state index in [1.54, 1.807) is 0 Å². The molecule has 17 heavy (non-hydrogen) atoms. The Balaban J connectivity index is 2.38. The van der Waals surface area contributed by atoms with E-state index in [0.717, 1.165) is 5.56 Å². The molecular formula is C11H17ClN2O2S. The summed E-state index contributed by atoms with van der Waals surface area (Å²) in [6.07, 6.45) is 0. The van der Waals surface area contributed by atoms with Gasteiger partial charge in [0.1, 0.15) is 0 Å². The van der Waals surface area contributed by atoms with Crippen LogP contribution >= 0.6 is 11.6 Å². The molecule has 0 unspecified atom stereocenters. The lowest BCUT2D eigenvalue weighted by Gasteiger charge is -2.11. The maximum atomic E-state index is 11.5. The minimum Gasteiger partial charge on any atom is -0.312 e. The molecule has 6 heteroatoms. The van der Waals surface area contributed by atoms with Crippen LogP contribution in [-0.4, -0.2) is 39.1 Å². The molecule has 0 aromatic heterocycles. The zero-order chi connectivity index (χ0) is 12.9. The first-order valence-electron chi connectivity index (χ1n) is 5.28. The zero-order valence-electron chi connectivity index (χ0n) is 9.98. The van der Waals surface area contributed by atoms with E-state index in [9.17, 15) is 8.42 Å². The van der Waals surface area contributed by atoms with Crippen LogP contribution in [0.25, 0.3) is 0 Å². The third-order valence-corrected chi connectivity index (χ3v) is 4.57. The molecule has 1 aromatic carbocycles. The summed E-state index contributed by atoms with van der Waals surface area (Å²) in [7, 11) is -0.0626. The lowest BCUT2D eigenvalue weighted by Crippen LogP contribution is -2.31. The van der Waals surface area contributed by atoms with E-state index in [-0.39, 0.29) is 5.75 Å². The molecule has 0 radical (unpaired) electrons. The number of sulfonamides is 1. The predicted molar refractivity (Wildman–Crippen MR) is 70.6 cm³/mol. The fraction of sp³-hybridized carbons (Fsp3) is 0.455. The number of halogens is 1. The van der Waals surface area contributed by atoms with Crippen LogP contribution in [0.5, 0.6) is 0 Å². The quantitative estimate of drug-likeness (QED) is 0.798. The summed E-state index contributed by atoms with van der Waals surface area (Å²) < 4.78 is 24.2. The molecule has 4 nitrogen and oxygen atoms in total. The Kier molecular flexibility index (Phi) is 5.39. The highest BCUT2D eigenvalue weighted by atomic mass is 35.5. The molecule has 0 aliphatic rings. The van der Waals surface area contributed by atoms with Gasteiger partial charge in [-0.1, -0.05) is 29.8 Å². The molecule has 96 valence electrons. The van der Waals surface area contributed by atoms with Crippen molar-refractivity contribution in [1.82, 2.24) is 9.62 Å². The van der Waals surface area contributed by atoms with E-state index in [0.29, 0.717) is 18.1 Å². The van der Waals surface area contributed by atoms with E-state index in [1.165, 1.54) is 18.4 Å². The van der Waals surface area contributed by atoms with Gasteiger partial charge in [0.15, 0.2) is 0 Å². The van der Waals surface area contributed by atoms with Crippen LogP contribution < -0.4 is 5.32 Å². The Hall–Kier alpha value is -0.620. The van der Waals surface area contributed by atoms with Crippen LogP contribution in [0.2, 0.25) is 5.02 Å². The van der Waals surface area contributed by atoms with E-state index in [1.807, 2.05) is 24.3 Å². The van der Waals surface area contributed by atoms with Crippen molar-refractivity contribution in [3.8, 4) is 0 Å². The van der Waals surface area contributed by atoms with Crippen molar-refractivity contribution >= 4 is 21.6 Å². The molecule has 1 rings (SSSR count). The number of nitrogens with zero attached hydrogens (tertiary/aromatic N) is 1. The Morgan fingerprint density at radius 3 is 2.53 bits per heavy atom. The molecule has 0 aliphatic heterocycles. The van der Waals surface area contributed by atoms with Gasteiger partial charge in [-0.25, -0.2) is 12.7 Å². The molecule has 1 aromatic rings. The first-order chi connectivity index (χ1) is 7.93. The van der Waals surface area contributed by atoms with Gasteiger partial charge in [-0.15, -0.1) is 0 Å². The molecule has 0 bridgehead atoms. The van der Waals surface area contributed by atoms with Crippen molar-refractivity contribution in [2.45, 2.75) is 6.54 Å². The summed E-state index contributed by atoms with van der Waals surface area (Å²) in [5.74, 6) is 0.0878. The van der Waals surface area contributed by atoms with Crippen molar-refractivity contribution in [3.05, 3.63) is 34.9 Å². The predicted octanol–water partition coefficient (Wildman–Crippen LogP) is 1.32. The molecule has 0 saturated heterocycles. The number of hydrogen-bond acceptors (Lipinski definition) is 3. The standard InChI is InChI=1S/C11H17ClN2O2S/c1-14(2)17(15,16)8-7-13-9-10-5-3-4-6-11(10)12/h3-6,13H,7-9H2,1-2H3. The minimum atomic E-state index is -3.12. The van der Waals surface area contributed by atoms with Gasteiger partial charge in [-0.3, -0.25) is 0 Å². The highest BCUT2D eigenvalue weighted by molar-refractivity contribution is 7.89. The van der Waals surface area contributed by atoms with Gasteiger partial charge in [0, 0.05) is 32.2 Å². The zero-order valence-corrected chi connectivity index (χ0v) is 11.6. The Bertz CT molecular complexity index is 460. The Morgan fingerprint density at radius 2 is 1.94 bits per heavy atom. The third kappa shape index (κ3) is 4.63. The molecule has 0 spiro atoms. The Labute approximate surface area is 108 Å². The number of benzene rings is 1. The van der Waals surface area contributed by atoms with Gasteiger partial charge in [0.25, 0.3) is 0 Å². The number of hydrogen-bond donors (Lipinski definition) is 1. The number of nitrogens with one attached hydrogen (secondary N) is 1. The molecule has 0 heterocycles. The van der Waals surface area contributed by atoms with Gasteiger partial charge < -0.3 is 5.32 Å². The molecule has 0 amide bonds. The van der Waals surface area contributed by atoms with Crippen molar-refractivity contribution in [1.29, 1.82) is 0 Å². The van der Waals surface area contributed by atoms with Gasteiger partial charge >= 0.3 is 0 Å². The lowest BCUT2D eigenvalue weighted by molar-refractivity contribution is 0.517. The van der Waals surface area contributed by atoms with E-state index >= 15 is 0 Å². The monoisotopic (exact) mass is 276 g/mol. The summed E-state index contributed by atoms with van der Waals surface area (Å²) in [5.41, 5.74) is 0.969. The minimum absolute atomic E-state index is 0.0878. The first kappa shape index (κ1) is 14.4. The van der Waals surface area contributed by atoms with Crippen LogP contribution in [-0.2, 0) is 16.6 Å². The van der Waals surface area contributed by atoms with Crippen molar-refractivity contribution in [2.75, 3.05) is 26.4 Å². The van der Waals surface area contributed by atoms with Crippen LogP contribution in [0.15, 0.2) is 24.3 Å². The molecular weight excluding hydrogens is 260 g/mol. The summed E-state index contributed by atoms with van der Waals surface area (Å²) in [4.78, 5) is 0. The number of rotatable bonds is 6. The van der Waals surface area contributed by atoms with Gasteiger partial charge in [0.2, 0.25) is 10.0 Å². The lowest BCUT2D eigenvalue weighted by atomic mass is 10.2. The third-order valence-electron chi connectivity index (χ3n) is 2.37. The van der Waals surface area contributed by atoms with Gasteiger partial charge in [-0.2, -0.15) is 0 Å². The molecule has 0 aliphatic carbocycles. The van der Waals surface area contributed by atoms with Crippen molar-refractivity contribution < 1.29 is 8.42 Å². The second-order valence-electron chi connectivity index (χ2n) is 3.87. The van der Waals surface area contributed by atoms with E-state index < -0.39 is 10.0 Å². The van der Waals surface area contributed by atoms with E-state index in [4.69, 9.17) is 11.6 Å². The van der Waals surface area contributed by atoms with Gasteiger partial charge in [0.05, 0.1) is 5.75 Å². The average Bonchev–Trinajstić information content (AvgIpc) is 2.26. The van der Waals surface area contributed by atoms with Crippen molar-refractivity contribution in [2.24, 2.45) is 0 Å². The summed E-state index contributed by atoms with van der Waals surface area (Å²) >= 11 is 5.98. The fourth-order valence-corrected chi connectivity index (χ4v) is 2.22. The largest absolute Gasteiger partial charge is 0.312 e. The molecule has 0 atom stereocenters. The smallest absolute Gasteiger partial charge is 0.214 e. The Morgan fingerprint density at radius 1 is 1.29 bits per heavy atom. The summed E-state index contributed by atoms with van der Waals surface area (Å²) in [6.45, 7) is 0.981. The highest BCUT2D eigenvalue weighted by Gasteiger charge is 2.12. The second-order valence-corrected chi connectivity index (χ2v) is 6.58. The highest BCUT2D eigenvalue weighted by Crippen LogP contribution is 2.14. The van der Waals surface area contributed by atoms with Crippen LogP contribution in [0.1, 0.15) is 5.56 Å². The maximum absolute atomic E-state index is 11.5. The average molecular weight is 277 g/mol. The summed E-state index contributed by atoms with van der Waals surface area (Å²) in [5, 5.41) is 3.75. The normalized spacial score (nSPS) is 12.0. The van der Waals surface area contributed by atoms with E-state index in [2.05, 4.69) is 5.32 Å². The fourth-order valence-electron chi connectivity index (χ4n) is 1.25. The van der Waals surface area contributed by atoms with Crippen LogP contribution in [0.3, 0.4) is 0 Å². The summed E-state index contributed by atoms with van der Waals surface area (Å²) in [6, 6.07) is 7.49. The van der Waals surface area contributed by atoms with Crippen LogP contribution in [0.4, 0.5) is 0 Å². The SMILES string of the molecule is CN(C)S(=O)(=O)CCNCc1ccccc1Cl. The molecule has 0 saturated carbocycles. The van der Waals surface area contributed by atoms with Crippen LogP contribution in [0, 0.1) is 0 Å².